The van der Waals surface area contributed by atoms with E-state index in [-0.39, 0.29) is 16.8 Å². The van der Waals surface area contributed by atoms with Gasteiger partial charge in [0.25, 0.3) is 0 Å². The Kier molecular flexibility index (Phi) is 5.87. The Labute approximate surface area is 190 Å². The van der Waals surface area contributed by atoms with Gasteiger partial charge in [-0.05, 0) is 44.5 Å². The Balaban J connectivity index is 1.89. The second-order valence-corrected chi connectivity index (χ2v) is 8.00. The van der Waals surface area contributed by atoms with E-state index in [1.807, 2.05) is 56.3 Å². The molecule has 6 nitrogen and oxygen atoms in total. The predicted octanol–water partition coefficient (Wildman–Crippen LogP) is 5.48. The molecule has 0 fully saturated rings. The molecule has 33 heavy (non-hydrogen) atoms. The van der Waals surface area contributed by atoms with Crippen LogP contribution in [0.25, 0.3) is 22.3 Å². The maximum absolute atomic E-state index is 14.4. The summed E-state index contributed by atoms with van der Waals surface area (Å²) in [6.07, 6.45) is 0. The molecule has 7 heteroatoms. The first kappa shape index (κ1) is 22.1. The van der Waals surface area contributed by atoms with Crippen molar-refractivity contribution in [2.24, 2.45) is 10.9 Å². The summed E-state index contributed by atoms with van der Waals surface area (Å²) in [5, 5.41) is 15.7. The van der Waals surface area contributed by atoms with E-state index in [1.54, 1.807) is 13.0 Å². The first-order valence-corrected chi connectivity index (χ1v) is 10.5. The summed E-state index contributed by atoms with van der Waals surface area (Å²) >= 11 is 0. The number of aryl methyl sites for hydroxylation is 1. The number of hydrogen-bond acceptors (Lipinski definition) is 5. The zero-order chi connectivity index (χ0) is 23.7. The van der Waals surface area contributed by atoms with Crippen molar-refractivity contribution in [1.29, 1.82) is 0 Å². The number of hydrogen-bond donors (Lipinski definition) is 3. The SMILES string of the molecule is Cc1cc([C@@H](C)Nc2cccc(F)c2C(N)=NO)c2oc(-c3ccccc3)c(C)c(=O)c2c1. The number of fused-ring (bicyclic) bond motifs is 1. The van der Waals surface area contributed by atoms with Gasteiger partial charge in [-0.15, -0.1) is 0 Å². The number of benzene rings is 3. The van der Waals surface area contributed by atoms with Gasteiger partial charge in [0.2, 0.25) is 0 Å². The molecule has 0 saturated carbocycles. The lowest BCUT2D eigenvalue weighted by Crippen LogP contribution is -2.19. The third-order valence-electron chi connectivity index (χ3n) is 5.64. The van der Waals surface area contributed by atoms with Crippen LogP contribution in [0.5, 0.6) is 0 Å². The number of nitrogens with two attached hydrogens (primary N) is 1. The number of amidine groups is 1. The second-order valence-electron chi connectivity index (χ2n) is 8.00. The molecule has 0 amide bonds. The van der Waals surface area contributed by atoms with Crippen LogP contribution >= 0.6 is 0 Å². The van der Waals surface area contributed by atoms with Crippen molar-refractivity contribution in [3.8, 4) is 11.3 Å². The van der Waals surface area contributed by atoms with Crippen molar-refractivity contribution < 1.29 is 14.0 Å². The number of nitrogens with zero attached hydrogens (tertiary/aromatic N) is 1. The van der Waals surface area contributed by atoms with Gasteiger partial charge in [-0.2, -0.15) is 0 Å². The molecule has 4 aromatic rings. The summed E-state index contributed by atoms with van der Waals surface area (Å²) < 4.78 is 20.7. The molecule has 0 radical (unpaired) electrons. The summed E-state index contributed by atoms with van der Waals surface area (Å²) in [6, 6.07) is 17.2. The molecule has 0 unspecified atom stereocenters. The minimum atomic E-state index is -0.620. The molecule has 3 aromatic carbocycles. The summed E-state index contributed by atoms with van der Waals surface area (Å²) in [7, 11) is 0. The molecule has 0 aliphatic heterocycles. The average Bonchev–Trinajstić information content (AvgIpc) is 2.81. The first-order valence-electron chi connectivity index (χ1n) is 10.5. The fourth-order valence-corrected chi connectivity index (χ4v) is 4.02. The highest BCUT2D eigenvalue weighted by Crippen LogP contribution is 2.33. The van der Waals surface area contributed by atoms with Gasteiger partial charge in [0.1, 0.15) is 17.2 Å². The molecule has 0 bridgehead atoms. The largest absolute Gasteiger partial charge is 0.455 e. The van der Waals surface area contributed by atoms with Crippen molar-refractivity contribution in [2.75, 3.05) is 5.32 Å². The van der Waals surface area contributed by atoms with Gasteiger partial charge in [-0.3, -0.25) is 4.79 Å². The van der Waals surface area contributed by atoms with Crippen molar-refractivity contribution in [3.05, 3.63) is 99.0 Å². The smallest absolute Gasteiger partial charge is 0.196 e. The van der Waals surface area contributed by atoms with Gasteiger partial charge in [-0.1, -0.05) is 47.6 Å². The number of rotatable bonds is 5. The molecule has 0 saturated heterocycles. The van der Waals surface area contributed by atoms with Crippen LogP contribution < -0.4 is 16.5 Å². The first-order chi connectivity index (χ1) is 15.8. The highest BCUT2D eigenvalue weighted by molar-refractivity contribution is 6.02. The van der Waals surface area contributed by atoms with Crippen molar-refractivity contribution in [3.63, 3.8) is 0 Å². The van der Waals surface area contributed by atoms with Crippen molar-refractivity contribution >= 4 is 22.5 Å². The molecule has 1 aromatic heterocycles. The quantitative estimate of drug-likeness (QED) is 0.163. The Bertz CT molecular complexity index is 1430. The minimum absolute atomic E-state index is 0.0360. The lowest BCUT2D eigenvalue weighted by atomic mass is 9.98. The Morgan fingerprint density at radius 1 is 1.12 bits per heavy atom. The van der Waals surface area contributed by atoms with Crippen LogP contribution in [0.1, 0.15) is 35.2 Å². The number of anilines is 1. The second kappa shape index (κ2) is 8.78. The Hall–Kier alpha value is -4.13. The number of oxime groups is 1. The van der Waals surface area contributed by atoms with Gasteiger partial charge >= 0.3 is 0 Å². The molecule has 4 N–H and O–H groups in total. The van der Waals surface area contributed by atoms with Crippen molar-refractivity contribution in [2.45, 2.75) is 26.8 Å². The van der Waals surface area contributed by atoms with Crippen LogP contribution in [0.15, 0.2) is 75.0 Å². The molecule has 1 heterocycles. The standard InChI is InChI=1S/C26H24FN3O3/c1-14-12-18(16(3)29-21-11-7-10-20(27)22(21)26(28)30-32)25-19(13-14)23(31)15(2)24(33-25)17-8-5-4-6-9-17/h4-13,16,29,32H,1-3H3,(H2,28,30)/t16-/m1/s1. The zero-order valence-electron chi connectivity index (χ0n) is 18.5. The van der Waals surface area contributed by atoms with Gasteiger partial charge in [0, 0.05) is 22.4 Å². The van der Waals surface area contributed by atoms with E-state index < -0.39 is 11.9 Å². The lowest BCUT2D eigenvalue weighted by Gasteiger charge is -2.20. The van der Waals surface area contributed by atoms with Crippen LogP contribution in [0.3, 0.4) is 0 Å². The Morgan fingerprint density at radius 2 is 1.85 bits per heavy atom. The van der Waals surface area contributed by atoms with Crippen LogP contribution in [-0.2, 0) is 0 Å². The van der Waals surface area contributed by atoms with E-state index in [1.165, 1.54) is 12.1 Å². The molecule has 1 atom stereocenters. The number of halogens is 1. The van der Waals surface area contributed by atoms with E-state index in [4.69, 9.17) is 15.4 Å². The lowest BCUT2D eigenvalue weighted by molar-refractivity contribution is 0.318. The molecule has 0 spiro atoms. The van der Waals surface area contributed by atoms with Gasteiger partial charge < -0.3 is 20.7 Å². The van der Waals surface area contributed by atoms with Crippen LogP contribution in [0.2, 0.25) is 0 Å². The average molecular weight is 445 g/mol. The molecule has 4 rings (SSSR count). The van der Waals surface area contributed by atoms with Crippen LogP contribution in [0.4, 0.5) is 10.1 Å². The van der Waals surface area contributed by atoms with E-state index >= 15 is 0 Å². The maximum atomic E-state index is 14.4. The van der Waals surface area contributed by atoms with E-state index in [0.717, 1.165) is 16.7 Å². The maximum Gasteiger partial charge on any atom is 0.196 e. The fourth-order valence-electron chi connectivity index (χ4n) is 4.02. The monoisotopic (exact) mass is 445 g/mol. The zero-order valence-corrected chi connectivity index (χ0v) is 18.5. The molecular weight excluding hydrogens is 421 g/mol. The van der Waals surface area contributed by atoms with Crippen molar-refractivity contribution in [1.82, 2.24) is 0 Å². The topological polar surface area (TPSA) is 101 Å². The van der Waals surface area contributed by atoms with E-state index in [0.29, 0.717) is 28.0 Å². The fraction of sp³-hybridized carbons (Fsp3) is 0.154. The third kappa shape index (κ3) is 4.05. The van der Waals surface area contributed by atoms with Crippen LogP contribution in [0, 0.1) is 19.7 Å². The number of nitrogens with one attached hydrogen (secondary N) is 1. The molecular formula is C26H24FN3O3. The summed E-state index contributed by atoms with van der Waals surface area (Å²) in [6.45, 7) is 5.53. The minimum Gasteiger partial charge on any atom is -0.455 e. The highest BCUT2D eigenvalue weighted by Gasteiger charge is 2.21. The highest BCUT2D eigenvalue weighted by atomic mass is 19.1. The van der Waals surface area contributed by atoms with Gasteiger partial charge in [-0.25, -0.2) is 4.39 Å². The normalized spacial score (nSPS) is 12.7. The molecule has 0 aliphatic carbocycles. The van der Waals surface area contributed by atoms with Crippen LogP contribution in [-0.4, -0.2) is 11.0 Å². The van der Waals surface area contributed by atoms with E-state index in [2.05, 4.69) is 10.5 Å². The van der Waals surface area contributed by atoms with Gasteiger partial charge in [0.15, 0.2) is 11.3 Å². The Morgan fingerprint density at radius 3 is 2.55 bits per heavy atom. The third-order valence-corrected chi connectivity index (χ3v) is 5.64. The molecule has 0 aliphatic rings. The molecule has 168 valence electrons. The predicted molar refractivity (Wildman–Crippen MR) is 128 cm³/mol. The van der Waals surface area contributed by atoms with E-state index in [9.17, 15) is 9.18 Å². The summed E-state index contributed by atoms with van der Waals surface area (Å²) in [4.78, 5) is 13.2. The summed E-state index contributed by atoms with van der Waals surface area (Å²) in [5.74, 6) is -0.455. The summed E-state index contributed by atoms with van der Waals surface area (Å²) in [5.41, 5.74) is 9.33. The van der Waals surface area contributed by atoms with Gasteiger partial charge in [0.05, 0.1) is 17.0 Å².